The summed E-state index contributed by atoms with van der Waals surface area (Å²) in [4.78, 5) is 28.1. The lowest BCUT2D eigenvalue weighted by molar-refractivity contribution is 0.103. The molecule has 0 amide bonds. The van der Waals surface area contributed by atoms with Gasteiger partial charge < -0.3 is 18.8 Å². The largest absolute Gasteiger partial charge is 0.508 e. The molecule has 7 heteroatoms. The van der Waals surface area contributed by atoms with Crippen molar-refractivity contribution in [3.05, 3.63) is 93.6 Å². The second-order valence-corrected chi connectivity index (χ2v) is 9.76. The van der Waals surface area contributed by atoms with Crippen LogP contribution in [0, 0.1) is 5.92 Å². The Bertz CT molecular complexity index is 1500. The van der Waals surface area contributed by atoms with Crippen LogP contribution in [-0.4, -0.2) is 40.1 Å². The molecule has 2 bridgehead atoms. The van der Waals surface area contributed by atoms with E-state index in [1.807, 2.05) is 23.6 Å². The van der Waals surface area contributed by atoms with E-state index in [2.05, 4.69) is 4.90 Å². The van der Waals surface area contributed by atoms with E-state index in [9.17, 15) is 14.7 Å². The summed E-state index contributed by atoms with van der Waals surface area (Å²) in [5.74, 6) is 1.34. The molecule has 2 atom stereocenters. The first-order valence-corrected chi connectivity index (χ1v) is 12.4. The summed E-state index contributed by atoms with van der Waals surface area (Å²) in [5.41, 5.74) is 3.39. The molecule has 36 heavy (non-hydrogen) atoms. The van der Waals surface area contributed by atoms with E-state index < -0.39 is 0 Å². The molecule has 2 aliphatic heterocycles. The number of phenolic OH excluding ortho intramolecular Hbond substituents is 1. The maximum absolute atomic E-state index is 13.4. The quantitative estimate of drug-likeness (QED) is 0.404. The van der Waals surface area contributed by atoms with Gasteiger partial charge in [-0.1, -0.05) is 6.07 Å². The zero-order valence-electron chi connectivity index (χ0n) is 20.1. The van der Waals surface area contributed by atoms with E-state index in [0.29, 0.717) is 59.0 Å². The molecular weight excluding hydrogens is 456 g/mol. The molecule has 4 heterocycles. The highest BCUT2D eigenvalue weighted by atomic mass is 16.5. The van der Waals surface area contributed by atoms with Crippen molar-refractivity contribution >= 4 is 16.8 Å². The van der Waals surface area contributed by atoms with Crippen molar-refractivity contribution in [1.82, 2.24) is 9.47 Å². The minimum Gasteiger partial charge on any atom is -0.508 e. The van der Waals surface area contributed by atoms with Crippen molar-refractivity contribution in [2.24, 2.45) is 5.92 Å². The minimum absolute atomic E-state index is 0.0638. The summed E-state index contributed by atoms with van der Waals surface area (Å²) in [5, 5.41) is 11.5. The first kappa shape index (κ1) is 22.6. The van der Waals surface area contributed by atoms with Gasteiger partial charge in [-0.3, -0.25) is 14.5 Å². The molecular formula is C29H28N2O5. The Morgan fingerprint density at radius 2 is 1.92 bits per heavy atom. The van der Waals surface area contributed by atoms with Crippen LogP contribution in [0.15, 0.2) is 70.1 Å². The van der Waals surface area contributed by atoms with Crippen molar-refractivity contribution in [2.75, 3.05) is 19.7 Å². The van der Waals surface area contributed by atoms with Gasteiger partial charge in [0, 0.05) is 60.4 Å². The van der Waals surface area contributed by atoms with Gasteiger partial charge in [-0.25, -0.2) is 0 Å². The molecule has 4 aromatic rings. The number of carbonyl (C=O) groups excluding carboxylic acids is 1. The second-order valence-electron chi connectivity index (χ2n) is 9.76. The molecule has 1 N–H and O–H groups in total. The number of nitrogens with zero attached hydrogens (tertiary/aromatic N) is 2. The summed E-state index contributed by atoms with van der Waals surface area (Å²) in [6.07, 6.45) is 2.54. The van der Waals surface area contributed by atoms with Crippen molar-refractivity contribution in [3.63, 3.8) is 0 Å². The fraction of sp³-hybridized carbons (Fsp3) is 0.310. The van der Waals surface area contributed by atoms with E-state index >= 15 is 0 Å². The number of piperidine rings is 1. The van der Waals surface area contributed by atoms with Crippen LogP contribution < -0.4 is 10.3 Å². The van der Waals surface area contributed by atoms with Crippen molar-refractivity contribution < 1.29 is 19.1 Å². The van der Waals surface area contributed by atoms with Gasteiger partial charge in [-0.15, -0.1) is 0 Å². The zero-order chi connectivity index (χ0) is 24.8. The number of ether oxygens (including phenoxy) is 1. The standard InChI is InChI=1S/C29H28N2O5/c1-2-35-21-8-6-19(7-9-21)29(34)23-17-36-26-11-10-25(32)22(28(23)26)16-30-13-18-12-20(15-30)24-4-3-5-27(33)31(24)14-18/h3-11,17-18,20,32H,2,12-16H2,1H3/t18-,20+/m0/s1. The van der Waals surface area contributed by atoms with Gasteiger partial charge in [0.15, 0.2) is 5.78 Å². The molecule has 7 nitrogen and oxygen atoms in total. The number of aromatic hydroxyl groups is 1. The highest BCUT2D eigenvalue weighted by Gasteiger charge is 2.35. The third kappa shape index (κ3) is 3.89. The Morgan fingerprint density at radius 1 is 1.08 bits per heavy atom. The molecule has 1 saturated heterocycles. The molecule has 0 unspecified atom stereocenters. The normalized spacial score (nSPS) is 19.2. The lowest BCUT2D eigenvalue weighted by Crippen LogP contribution is -2.46. The Hall–Kier alpha value is -3.84. The van der Waals surface area contributed by atoms with E-state index in [1.54, 1.807) is 42.5 Å². The van der Waals surface area contributed by atoms with Crippen LogP contribution in [0.4, 0.5) is 0 Å². The highest BCUT2D eigenvalue weighted by molar-refractivity contribution is 6.16. The fourth-order valence-corrected chi connectivity index (χ4v) is 5.89. The summed E-state index contributed by atoms with van der Waals surface area (Å²) >= 11 is 0. The van der Waals surface area contributed by atoms with E-state index in [-0.39, 0.29) is 23.0 Å². The number of benzene rings is 2. The summed E-state index contributed by atoms with van der Waals surface area (Å²) in [6, 6.07) is 15.9. The number of hydrogen-bond acceptors (Lipinski definition) is 6. The monoisotopic (exact) mass is 484 g/mol. The van der Waals surface area contributed by atoms with Gasteiger partial charge in [0.25, 0.3) is 5.56 Å². The molecule has 2 aliphatic rings. The van der Waals surface area contributed by atoms with Crippen LogP contribution >= 0.6 is 0 Å². The number of carbonyl (C=O) groups is 1. The number of pyridine rings is 1. The molecule has 6 rings (SSSR count). The number of furan rings is 1. The number of phenols is 1. The van der Waals surface area contributed by atoms with Crippen LogP contribution in [0.25, 0.3) is 11.0 Å². The highest BCUT2D eigenvalue weighted by Crippen LogP contribution is 2.38. The molecule has 0 aliphatic carbocycles. The van der Waals surface area contributed by atoms with Crippen LogP contribution in [0.1, 0.15) is 46.4 Å². The van der Waals surface area contributed by atoms with Gasteiger partial charge in [0.1, 0.15) is 23.3 Å². The predicted molar refractivity (Wildman–Crippen MR) is 136 cm³/mol. The van der Waals surface area contributed by atoms with Gasteiger partial charge in [0.2, 0.25) is 0 Å². The lowest BCUT2D eigenvalue weighted by Gasteiger charge is -2.42. The number of hydrogen-bond donors (Lipinski definition) is 1. The SMILES string of the molecule is CCOc1ccc(C(=O)c2coc3ccc(O)c(CN4C[C@@H]5C[C@H](C4)c4cccc(=O)n4C5)c23)cc1. The van der Waals surface area contributed by atoms with Crippen LogP contribution in [0.2, 0.25) is 0 Å². The molecule has 1 fully saturated rings. The number of aromatic nitrogens is 1. The van der Waals surface area contributed by atoms with Gasteiger partial charge >= 0.3 is 0 Å². The smallest absolute Gasteiger partial charge is 0.250 e. The van der Waals surface area contributed by atoms with Crippen molar-refractivity contribution in [1.29, 1.82) is 0 Å². The Labute approximate surface area is 208 Å². The van der Waals surface area contributed by atoms with E-state index in [1.165, 1.54) is 6.26 Å². The molecule has 0 spiro atoms. The molecule has 2 aromatic heterocycles. The Kier molecular flexibility index (Phi) is 5.64. The summed E-state index contributed by atoms with van der Waals surface area (Å²) in [7, 11) is 0. The fourth-order valence-electron chi connectivity index (χ4n) is 5.89. The van der Waals surface area contributed by atoms with Crippen LogP contribution in [-0.2, 0) is 13.1 Å². The average Bonchev–Trinajstić information content (AvgIpc) is 3.31. The Morgan fingerprint density at radius 3 is 2.72 bits per heavy atom. The van der Waals surface area contributed by atoms with Crippen LogP contribution in [0.5, 0.6) is 11.5 Å². The minimum atomic E-state index is -0.160. The first-order chi connectivity index (χ1) is 17.5. The van der Waals surface area contributed by atoms with Gasteiger partial charge in [0.05, 0.1) is 12.2 Å². The van der Waals surface area contributed by atoms with Crippen molar-refractivity contribution in [3.8, 4) is 11.5 Å². The second kappa shape index (κ2) is 8.99. The zero-order valence-corrected chi connectivity index (χ0v) is 20.1. The first-order valence-electron chi connectivity index (χ1n) is 12.4. The predicted octanol–water partition coefficient (Wildman–Crippen LogP) is 4.55. The number of fused-ring (bicyclic) bond motifs is 5. The maximum atomic E-state index is 13.4. The number of rotatable bonds is 6. The van der Waals surface area contributed by atoms with E-state index in [0.717, 1.165) is 25.2 Å². The number of likely N-dealkylation sites (tertiary alicyclic amines) is 1. The topological polar surface area (TPSA) is 84.9 Å². The van der Waals surface area contributed by atoms with Gasteiger partial charge in [-0.05, 0) is 61.7 Å². The molecule has 0 saturated carbocycles. The molecule has 2 aromatic carbocycles. The van der Waals surface area contributed by atoms with Crippen molar-refractivity contribution in [2.45, 2.75) is 32.4 Å². The maximum Gasteiger partial charge on any atom is 0.250 e. The van der Waals surface area contributed by atoms with Gasteiger partial charge in [-0.2, -0.15) is 0 Å². The lowest BCUT2D eigenvalue weighted by atomic mass is 9.83. The third-order valence-corrected chi connectivity index (χ3v) is 7.43. The summed E-state index contributed by atoms with van der Waals surface area (Å²) in [6.45, 7) is 5.30. The van der Waals surface area contributed by atoms with Crippen LogP contribution in [0.3, 0.4) is 0 Å². The Balaban J connectivity index is 1.32. The molecule has 0 radical (unpaired) electrons. The molecule has 184 valence electrons. The summed E-state index contributed by atoms with van der Waals surface area (Å²) < 4.78 is 13.2. The number of ketones is 1. The third-order valence-electron chi connectivity index (χ3n) is 7.43. The average molecular weight is 485 g/mol. The van der Waals surface area contributed by atoms with E-state index in [4.69, 9.17) is 9.15 Å².